The van der Waals surface area contributed by atoms with E-state index in [4.69, 9.17) is 10.2 Å². The molecule has 1 aromatic heterocycles. The topological polar surface area (TPSA) is 71.3 Å². The Hall–Kier alpha value is -2.54. The van der Waals surface area contributed by atoms with Crippen molar-refractivity contribution in [2.45, 2.75) is 84.1 Å². The average Bonchev–Trinajstić information content (AvgIpc) is 3.43. The summed E-state index contributed by atoms with van der Waals surface area (Å²) >= 11 is 0. The van der Waals surface area contributed by atoms with Gasteiger partial charge in [-0.2, -0.15) is 0 Å². The molecule has 1 aliphatic heterocycles. The van der Waals surface area contributed by atoms with Crippen molar-refractivity contribution >= 4 is 11.7 Å². The predicted molar refractivity (Wildman–Crippen MR) is 149 cm³/mol. The van der Waals surface area contributed by atoms with E-state index in [-0.39, 0.29) is 23.5 Å². The third-order valence-electron chi connectivity index (χ3n) is 8.93. The summed E-state index contributed by atoms with van der Waals surface area (Å²) in [6, 6.07) is 6.80. The van der Waals surface area contributed by atoms with Crippen molar-refractivity contribution in [1.82, 2.24) is 24.6 Å². The number of hydrogen-bond acceptors (Lipinski definition) is 5. The third kappa shape index (κ3) is 5.73. The second kappa shape index (κ2) is 10.9. The van der Waals surface area contributed by atoms with Gasteiger partial charge in [0.05, 0.1) is 6.54 Å². The molecular weight excluding hydrogens is 474 g/mol. The molecule has 2 atom stereocenters. The average molecular weight is 520 g/mol. The van der Waals surface area contributed by atoms with E-state index in [2.05, 4.69) is 55.4 Å². The molecule has 2 saturated carbocycles. The van der Waals surface area contributed by atoms with Gasteiger partial charge in [0, 0.05) is 57.4 Å². The van der Waals surface area contributed by atoms with Gasteiger partial charge in [-0.1, -0.05) is 37.6 Å². The SMILES string of the molecule is Cc1ccc(CC(=O)[C@H]2CN(CC(=O)N(C)C)C[C@@H]2c2nnc(C3CC(CC(C)C)C3)n2C2CC2)c(C)c1. The van der Waals surface area contributed by atoms with Gasteiger partial charge in [0.1, 0.15) is 17.4 Å². The van der Waals surface area contributed by atoms with E-state index in [1.54, 1.807) is 19.0 Å². The number of likely N-dealkylation sites (tertiary alicyclic amines) is 1. The summed E-state index contributed by atoms with van der Waals surface area (Å²) in [5.74, 6) is 4.23. The van der Waals surface area contributed by atoms with Crippen LogP contribution in [0.3, 0.4) is 0 Å². The molecule has 2 heterocycles. The zero-order chi connectivity index (χ0) is 27.1. The Bertz CT molecular complexity index is 1170. The van der Waals surface area contributed by atoms with E-state index < -0.39 is 0 Å². The lowest BCUT2D eigenvalue weighted by Gasteiger charge is -2.36. The molecule has 7 nitrogen and oxygen atoms in total. The molecule has 0 bridgehead atoms. The van der Waals surface area contributed by atoms with Gasteiger partial charge in [0.2, 0.25) is 5.91 Å². The van der Waals surface area contributed by atoms with Gasteiger partial charge in [0.15, 0.2) is 0 Å². The number of likely N-dealkylation sites (N-methyl/N-ethyl adjacent to an activating group) is 1. The smallest absolute Gasteiger partial charge is 0.236 e. The molecule has 1 aromatic carbocycles. The second-order valence-electron chi connectivity index (χ2n) is 12.9. The first-order valence-corrected chi connectivity index (χ1v) is 14.6. The van der Waals surface area contributed by atoms with Gasteiger partial charge in [-0.05, 0) is 68.9 Å². The molecule has 0 spiro atoms. The number of aryl methyl sites for hydroxylation is 2. The number of ketones is 1. The van der Waals surface area contributed by atoms with E-state index in [0.29, 0.717) is 38.0 Å². The Morgan fingerprint density at radius 1 is 1.05 bits per heavy atom. The van der Waals surface area contributed by atoms with Crippen LogP contribution in [-0.2, 0) is 16.0 Å². The Morgan fingerprint density at radius 2 is 1.76 bits per heavy atom. The van der Waals surface area contributed by atoms with Crippen molar-refractivity contribution in [3.8, 4) is 0 Å². The van der Waals surface area contributed by atoms with Crippen LogP contribution in [0.2, 0.25) is 0 Å². The minimum absolute atomic E-state index is 0.0309. The fourth-order valence-corrected chi connectivity index (χ4v) is 6.66. The fourth-order valence-electron chi connectivity index (χ4n) is 6.66. The number of Topliss-reactive ketones (excluding diaryl/α,β-unsaturated/α-hetero) is 1. The Morgan fingerprint density at radius 3 is 2.39 bits per heavy atom. The highest BCUT2D eigenvalue weighted by Crippen LogP contribution is 2.48. The molecular formula is C31H45N5O2. The molecule has 0 N–H and O–H groups in total. The lowest BCUT2D eigenvalue weighted by Crippen LogP contribution is -2.36. The number of rotatable bonds is 10. The van der Waals surface area contributed by atoms with Crippen molar-refractivity contribution < 1.29 is 9.59 Å². The van der Waals surface area contributed by atoms with Crippen molar-refractivity contribution in [2.75, 3.05) is 33.7 Å². The molecule has 0 unspecified atom stereocenters. The Kier molecular flexibility index (Phi) is 7.77. The molecule has 3 fully saturated rings. The monoisotopic (exact) mass is 519 g/mol. The maximum Gasteiger partial charge on any atom is 0.236 e. The summed E-state index contributed by atoms with van der Waals surface area (Å²) in [4.78, 5) is 30.2. The lowest BCUT2D eigenvalue weighted by atomic mass is 9.71. The highest BCUT2D eigenvalue weighted by Gasteiger charge is 2.45. The normalized spacial score (nSPS) is 25.6. The molecule has 2 aliphatic carbocycles. The quantitative estimate of drug-likeness (QED) is 0.456. The van der Waals surface area contributed by atoms with Crippen LogP contribution in [0.25, 0.3) is 0 Å². The summed E-state index contributed by atoms with van der Waals surface area (Å²) in [6.45, 7) is 10.4. The number of amides is 1. The summed E-state index contributed by atoms with van der Waals surface area (Å²) in [5, 5.41) is 9.59. The van der Waals surface area contributed by atoms with Crippen LogP contribution < -0.4 is 0 Å². The second-order valence-corrected chi connectivity index (χ2v) is 12.9. The van der Waals surface area contributed by atoms with Crippen LogP contribution in [-0.4, -0.2) is 70.0 Å². The highest BCUT2D eigenvalue weighted by molar-refractivity contribution is 5.85. The first-order valence-electron chi connectivity index (χ1n) is 14.6. The van der Waals surface area contributed by atoms with Gasteiger partial charge in [0.25, 0.3) is 0 Å². The zero-order valence-electron chi connectivity index (χ0n) is 24.1. The van der Waals surface area contributed by atoms with Gasteiger partial charge in [-0.25, -0.2) is 0 Å². The van der Waals surface area contributed by atoms with E-state index in [9.17, 15) is 9.59 Å². The predicted octanol–water partition coefficient (Wildman–Crippen LogP) is 4.68. The van der Waals surface area contributed by atoms with E-state index >= 15 is 0 Å². The van der Waals surface area contributed by atoms with E-state index in [1.807, 2.05) is 0 Å². The molecule has 2 aromatic rings. The number of hydrogen-bond donors (Lipinski definition) is 0. The van der Waals surface area contributed by atoms with Crippen LogP contribution in [0, 0.1) is 31.6 Å². The maximum atomic E-state index is 13.9. The van der Waals surface area contributed by atoms with Gasteiger partial charge in [-0.3, -0.25) is 14.5 Å². The molecule has 7 heteroatoms. The van der Waals surface area contributed by atoms with E-state index in [0.717, 1.165) is 47.5 Å². The zero-order valence-corrected chi connectivity index (χ0v) is 24.1. The number of benzene rings is 1. The highest BCUT2D eigenvalue weighted by atomic mass is 16.2. The molecule has 1 amide bonds. The minimum atomic E-state index is -0.185. The van der Waals surface area contributed by atoms with Crippen LogP contribution in [0.4, 0.5) is 0 Å². The molecule has 206 valence electrons. The van der Waals surface area contributed by atoms with Crippen LogP contribution in [0.15, 0.2) is 18.2 Å². The van der Waals surface area contributed by atoms with Crippen molar-refractivity contribution in [1.29, 1.82) is 0 Å². The molecule has 1 saturated heterocycles. The van der Waals surface area contributed by atoms with Crippen LogP contribution in [0.1, 0.15) is 92.2 Å². The number of nitrogens with zero attached hydrogens (tertiary/aromatic N) is 5. The Labute approximate surface area is 228 Å². The van der Waals surface area contributed by atoms with Crippen LogP contribution in [0.5, 0.6) is 0 Å². The largest absolute Gasteiger partial charge is 0.348 e. The molecule has 3 aliphatic rings. The minimum Gasteiger partial charge on any atom is -0.348 e. The number of carbonyl (C=O) groups excluding carboxylic acids is 2. The lowest BCUT2D eigenvalue weighted by molar-refractivity contribution is -0.130. The van der Waals surface area contributed by atoms with E-state index in [1.165, 1.54) is 24.8 Å². The fraction of sp³-hybridized carbons (Fsp3) is 0.677. The summed E-state index contributed by atoms with van der Waals surface area (Å²) in [6.07, 6.45) is 6.44. The van der Waals surface area contributed by atoms with Crippen LogP contribution >= 0.6 is 0 Å². The molecule has 5 rings (SSSR count). The van der Waals surface area contributed by atoms with Gasteiger partial charge < -0.3 is 9.47 Å². The maximum absolute atomic E-state index is 13.9. The summed E-state index contributed by atoms with van der Waals surface area (Å²) in [5.41, 5.74) is 3.47. The van der Waals surface area contributed by atoms with Gasteiger partial charge >= 0.3 is 0 Å². The van der Waals surface area contributed by atoms with Gasteiger partial charge in [-0.15, -0.1) is 10.2 Å². The van der Waals surface area contributed by atoms with Crippen molar-refractivity contribution in [3.05, 3.63) is 46.5 Å². The molecule has 38 heavy (non-hydrogen) atoms. The third-order valence-corrected chi connectivity index (χ3v) is 8.93. The summed E-state index contributed by atoms with van der Waals surface area (Å²) < 4.78 is 2.43. The first kappa shape index (κ1) is 27.0. The Balaban J connectivity index is 1.40. The molecule has 0 radical (unpaired) electrons. The van der Waals surface area contributed by atoms with Crippen molar-refractivity contribution in [2.24, 2.45) is 17.8 Å². The first-order chi connectivity index (χ1) is 18.1. The standard InChI is InChI=1S/C31H45N5O2/c1-19(2)11-22-13-24(14-22)30-32-33-31(36(30)25-9-10-25)27-17-35(18-29(38)34(5)6)16-26(27)28(37)15-23-8-7-20(3)12-21(23)4/h7-8,12,19,22,24-27H,9-11,13-18H2,1-6H3/t22?,24?,26-,27-/m0/s1. The summed E-state index contributed by atoms with van der Waals surface area (Å²) in [7, 11) is 3.58. The van der Waals surface area contributed by atoms with Crippen molar-refractivity contribution in [3.63, 3.8) is 0 Å². The number of carbonyl (C=O) groups is 2. The number of aromatic nitrogens is 3.